The second kappa shape index (κ2) is 3.64. The molecule has 0 fully saturated rings. The Balaban J connectivity index is 2.74. The lowest BCUT2D eigenvalue weighted by molar-refractivity contribution is 0.867. The number of hydrogen-bond acceptors (Lipinski definition) is 3. The molecule has 0 saturated heterocycles. The summed E-state index contributed by atoms with van der Waals surface area (Å²) in [6.45, 7) is 3.99. The molecule has 0 aliphatic carbocycles. The predicted octanol–water partition coefficient (Wildman–Crippen LogP) is 1.89. The molecule has 1 unspecified atom stereocenters. The molecule has 0 aliphatic heterocycles. The molecule has 0 aromatic carbocycles. The number of thiazole rings is 1. The number of nitrogens with two attached hydrogens (primary N) is 1. The molecule has 0 aliphatic rings. The monoisotopic (exact) mass is 168 g/mol. The summed E-state index contributed by atoms with van der Waals surface area (Å²) in [6, 6.07) is 0.122. The fraction of sp³-hybridized carbons (Fsp3) is 0.375. The van der Waals surface area contributed by atoms with Crippen molar-refractivity contribution in [3.8, 4) is 0 Å². The fourth-order valence-corrected chi connectivity index (χ4v) is 1.17. The minimum Gasteiger partial charge on any atom is -0.324 e. The second-order valence-electron chi connectivity index (χ2n) is 2.59. The zero-order chi connectivity index (χ0) is 8.27. The average molecular weight is 168 g/mol. The Morgan fingerprint density at radius 3 is 3.00 bits per heavy atom. The highest BCUT2D eigenvalue weighted by atomic mass is 32.1. The van der Waals surface area contributed by atoms with Crippen molar-refractivity contribution in [3.63, 3.8) is 0 Å². The van der Waals surface area contributed by atoms with Crippen molar-refractivity contribution in [3.05, 3.63) is 22.2 Å². The molecule has 11 heavy (non-hydrogen) atoms. The molecule has 0 spiro atoms. The van der Waals surface area contributed by atoms with Crippen LogP contribution in [0.4, 0.5) is 0 Å². The van der Waals surface area contributed by atoms with E-state index in [2.05, 4.69) is 4.98 Å². The van der Waals surface area contributed by atoms with Gasteiger partial charge in [0.15, 0.2) is 0 Å². The summed E-state index contributed by atoms with van der Waals surface area (Å²) >= 11 is 1.60. The molecule has 0 radical (unpaired) electrons. The minimum absolute atomic E-state index is 0.122. The molecule has 1 aromatic heterocycles. The third kappa shape index (κ3) is 2.44. The van der Waals surface area contributed by atoms with Gasteiger partial charge in [-0.1, -0.05) is 5.57 Å². The Hall–Kier alpha value is -0.670. The topological polar surface area (TPSA) is 38.9 Å². The first-order chi connectivity index (χ1) is 5.20. The molecular weight excluding hydrogens is 156 g/mol. The van der Waals surface area contributed by atoms with Gasteiger partial charge in [0.1, 0.15) is 0 Å². The van der Waals surface area contributed by atoms with Crippen molar-refractivity contribution in [2.24, 2.45) is 5.73 Å². The van der Waals surface area contributed by atoms with Gasteiger partial charge in [-0.2, -0.15) is 0 Å². The third-order valence-electron chi connectivity index (χ3n) is 1.55. The molecule has 1 atom stereocenters. The zero-order valence-electron chi connectivity index (χ0n) is 6.74. The van der Waals surface area contributed by atoms with Gasteiger partial charge in [-0.15, -0.1) is 11.3 Å². The van der Waals surface area contributed by atoms with Gasteiger partial charge in [-0.3, -0.25) is 0 Å². The van der Waals surface area contributed by atoms with E-state index in [-0.39, 0.29) is 6.04 Å². The van der Waals surface area contributed by atoms with Crippen LogP contribution < -0.4 is 5.73 Å². The van der Waals surface area contributed by atoms with Gasteiger partial charge in [0, 0.05) is 11.4 Å². The highest BCUT2D eigenvalue weighted by Gasteiger charge is 1.96. The summed E-state index contributed by atoms with van der Waals surface area (Å²) in [5.74, 6) is 0. The normalized spacial score (nSPS) is 15.0. The molecule has 2 nitrogen and oxygen atoms in total. The van der Waals surface area contributed by atoms with E-state index in [0.717, 1.165) is 11.3 Å². The molecule has 1 aromatic rings. The van der Waals surface area contributed by atoms with Gasteiger partial charge in [0.25, 0.3) is 0 Å². The van der Waals surface area contributed by atoms with Crippen LogP contribution in [-0.2, 0) is 0 Å². The largest absolute Gasteiger partial charge is 0.324 e. The van der Waals surface area contributed by atoms with Gasteiger partial charge >= 0.3 is 0 Å². The summed E-state index contributed by atoms with van der Waals surface area (Å²) < 4.78 is 0. The van der Waals surface area contributed by atoms with E-state index < -0.39 is 0 Å². The third-order valence-corrected chi connectivity index (χ3v) is 2.15. The van der Waals surface area contributed by atoms with E-state index in [9.17, 15) is 0 Å². The smallest absolute Gasteiger partial charge is 0.0798 e. The fourth-order valence-electron chi connectivity index (χ4n) is 0.658. The average Bonchev–Trinajstić information content (AvgIpc) is 2.39. The number of aromatic nitrogens is 1. The van der Waals surface area contributed by atoms with Gasteiger partial charge in [0.2, 0.25) is 0 Å². The number of hydrogen-bond donors (Lipinski definition) is 1. The zero-order valence-corrected chi connectivity index (χ0v) is 7.56. The predicted molar refractivity (Wildman–Crippen MR) is 49.4 cm³/mol. The van der Waals surface area contributed by atoms with Crippen LogP contribution in [0.3, 0.4) is 0 Å². The standard InChI is InChI=1S/C8H12N2S/c1-6(7(2)9)3-8-4-11-5-10-8/h3-5,7H,9H2,1-2H3. The molecule has 1 heterocycles. The van der Waals surface area contributed by atoms with Crippen molar-refractivity contribution < 1.29 is 0 Å². The number of nitrogens with zero attached hydrogens (tertiary/aromatic N) is 1. The summed E-state index contributed by atoms with van der Waals surface area (Å²) in [5, 5.41) is 2.01. The lowest BCUT2D eigenvalue weighted by Gasteiger charge is -2.02. The van der Waals surface area contributed by atoms with Gasteiger partial charge < -0.3 is 5.73 Å². The van der Waals surface area contributed by atoms with E-state index >= 15 is 0 Å². The Morgan fingerprint density at radius 2 is 2.55 bits per heavy atom. The molecule has 2 N–H and O–H groups in total. The first kappa shape index (κ1) is 8.43. The van der Waals surface area contributed by atoms with Crippen LogP contribution in [0.2, 0.25) is 0 Å². The first-order valence-electron chi connectivity index (χ1n) is 3.52. The molecule has 3 heteroatoms. The van der Waals surface area contributed by atoms with Crippen molar-refractivity contribution in [2.75, 3.05) is 0 Å². The van der Waals surface area contributed by atoms with Gasteiger partial charge in [0.05, 0.1) is 11.2 Å². The second-order valence-corrected chi connectivity index (χ2v) is 3.31. The molecule has 0 bridgehead atoms. The van der Waals surface area contributed by atoms with E-state index in [0.29, 0.717) is 0 Å². The van der Waals surface area contributed by atoms with E-state index in [1.165, 1.54) is 0 Å². The van der Waals surface area contributed by atoms with Gasteiger partial charge in [-0.05, 0) is 19.9 Å². The Morgan fingerprint density at radius 1 is 1.82 bits per heavy atom. The van der Waals surface area contributed by atoms with Crippen LogP contribution in [0.25, 0.3) is 6.08 Å². The number of rotatable bonds is 2. The summed E-state index contributed by atoms with van der Waals surface area (Å²) in [7, 11) is 0. The van der Waals surface area contributed by atoms with Crippen LogP contribution in [0.5, 0.6) is 0 Å². The minimum atomic E-state index is 0.122. The SMILES string of the molecule is CC(=Cc1cscn1)C(C)N. The Kier molecular flexibility index (Phi) is 2.79. The Bertz CT molecular complexity index is 237. The lowest BCUT2D eigenvalue weighted by Crippen LogP contribution is -2.15. The summed E-state index contributed by atoms with van der Waals surface area (Å²) in [4.78, 5) is 4.13. The van der Waals surface area contributed by atoms with Crippen molar-refractivity contribution >= 4 is 17.4 Å². The maximum atomic E-state index is 5.66. The Labute approximate surface area is 70.8 Å². The highest BCUT2D eigenvalue weighted by Crippen LogP contribution is 2.08. The van der Waals surface area contributed by atoms with E-state index in [1.807, 2.05) is 30.8 Å². The van der Waals surface area contributed by atoms with Crippen LogP contribution in [-0.4, -0.2) is 11.0 Å². The lowest BCUT2D eigenvalue weighted by atomic mass is 10.1. The maximum absolute atomic E-state index is 5.66. The van der Waals surface area contributed by atoms with Crippen LogP contribution in [0.15, 0.2) is 16.5 Å². The van der Waals surface area contributed by atoms with E-state index in [1.54, 1.807) is 11.3 Å². The summed E-state index contributed by atoms with van der Waals surface area (Å²) in [5.41, 5.74) is 9.65. The maximum Gasteiger partial charge on any atom is 0.0798 e. The van der Waals surface area contributed by atoms with Crippen molar-refractivity contribution in [1.29, 1.82) is 0 Å². The van der Waals surface area contributed by atoms with Crippen LogP contribution >= 0.6 is 11.3 Å². The molecule has 0 saturated carbocycles. The van der Waals surface area contributed by atoms with E-state index in [4.69, 9.17) is 5.73 Å². The molecule has 1 rings (SSSR count). The molecule has 60 valence electrons. The quantitative estimate of drug-likeness (QED) is 0.732. The first-order valence-corrected chi connectivity index (χ1v) is 4.46. The van der Waals surface area contributed by atoms with Crippen LogP contribution in [0.1, 0.15) is 19.5 Å². The molecular formula is C8H12N2S. The van der Waals surface area contributed by atoms with Crippen molar-refractivity contribution in [2.45, 2.75) is 19.9 Å². The van der Waals surface area contributed by atoms with Gasteiger partial charge in [-0.25, -0.2) is 4.98 Å². The van der Waals surface area contributed by atoms with Crippen LogP contribution in [0, 0.1) is 0 Å². The molecule has 0 amide bonds. The summed E-state index contributed by atoms with van der Waals surface area (Å²) in [6.07, 6.45) is 2.02. The van der Waals surface area contributed by atoms with Crippen molar-refractivity contribution in [1.82, 2.24) is 4.98 Å². The highest BCUT2D eigenvalue weighted by molar-refractivity contribution is 7.07.